The Morgan fingerprint density at radius 2 is 2.09 bits per heavy atom. The fourth-order valence-electron chi connectivity index (χ4n) is 3.61. The lowest BCUT2D eigenvalue weighted by molar-refractivity contribution is -0.122. The van der Waals surface area contributed by atoms with Gasteiger partial charge in [0.1, 0.15) is 15.8 Å². The molecule has 2 aliphatic heterocycles. The number of aromatic nitrogens is 2. The molecule has 1 fully saturated rings. The summed E-state index contributed by atoms with van der Waals surface area (Å²) in [5.41, 5.74) is 1.40. The number of hydrogen-bond acceptors (Lipinski definition) is 9. The second-order valence-electron chi connectivity index (χ2n) is 7.48. The van der Waals surface area contributed by atoms with Crippen LogP contribution in [0.2, 0.25) is 0 Å². The van der Waals surface area contributed by atoms with Crippen molar-refractivity contribution >= 4 is 51.7 Å². The molecular formula is C23H20N4O5S2. The van der Waals surface area contributed by atoms with E-state index in [-0.39, 0.29) is 23.8 Å². The Labute approximate surface area is 204 Å². The van der Waals surface area contributed by atoms with E-state index in [1.54, 1.807) is 31.5 Å². The predicted molar refractivity (Wildman–Crippen MR) is 133 cm³/mol. The molecule has 0 saturated carbocycles. The van der Waals surface area contributed by atoms with E-state index >= 15 is 0 Å². The number of hydrogen-bond donors (Lipinski definition) is 1. The van der Waals surface area contributed by atoms with Crippen LogP contribution < -0.4 is 20.3 Å². The Bertz CT molecular complexity index is 1390. The van der Waals surface area contributed by atoms with E-state index in [0.717, 1.165) is 17.3 Å². The Hall–Kier alpha value is -3.41. The highest BCUT2D eigenvalue weighted by Crippen LogP contribution is 2.34. The Morgan fingerprint density at radius 3 is 2.94 bits per heavy atom. The van der Waals surface area contributed by atoms with Gasteiger partial charge >= 0.3 is 0 Å². The van der Waals surface area contributed by atoms with Crippen LogP contribution >= 0.6 is 24.0 Å². The van der Waals surface area contributed by atoms with E-state index in [9.17, 15) is 9.59 Å². The van der Waals surface area contributed by atoms with Crippen molar-refractivity contribution in [2.24, 2.45) is 0 Å². The van der Waals surface area contributed by atoms with Crippen molar-refractivity contribution in [2.75, 3.05) is 32.4 Å². The first-order valence-corrected chi connectivity index (χ1v) is 11.7. The van der Waals surface area contributed by atoms with Crippen molar-refractivity contribution in [3.8, 4) is 11.5 Å². The summed E-state index contributed by atoms with van der Waals surface area (Å²) in [4.78, 5) is 32.8. The van der Waals surface area contributed by atoms with Gasteiger partial charge in [-0.15, -0.1) is 0 Å². The number of anilines is 1. The lowest BCUT2D eigenvalue weighted by Gasteiger charge is -2.13. The fraction of sp³-hybridized carbons (Fsp3) is 0.217. The summed E-state index contributed by atoms with van der Waals surface area (Å²) in [6.07, 6.45) is 3.20. The summed E-state index contributed by atoms with van der Waals surface area (Å²) < 4.78 is 17.8. The molecule has 0 bridgehead atoms. The summed E-state index contributed by atoms with van der Waals surface area (Å²) in [5, 5.41) is 3.25. The summed E-state index contributed by atoms with van der Waals surface area (Å²) in [6.45, 7) is 1.30. The Kier molecular flexibility index (Phi) is 6.22. The molecule has 174 valence electrons. The number of amides is 1. The zero-order valence-electron chi connectivity index (χ0n) is 18.1. The first-order chi connectivity index (χ1) is 16.5. The van der Waals surface area contributed by atoms with E-state index in [1.807, 2.05) is 24.3 Å². The molecule has 9 nitrogen and oxygen atoms in total. The van der Waals surface area contributed by atoms with Gasteiger partial charge in [-0.25, -0.2) is 4.98 Å². The molecule has 5 rings (SSSR count). The van der Waals surface area contributed by atoms with Crippen LogP contribution in [0.4, 0.5) is 5.82 Å². The molecule has 1 saturated heterocycles. The van der Waals surface area contributed by atoms with Crippen LogP contribution in [0.1, 0.15) is 11.1 Å². The second-order valence-corrected chi connectivity index (χ2v) is 9.15. The van der Waals surface area contributed by atoms with Crippen LogP contribution in [0.15, 0.2) is 52.3 Å². The molecule has 0 spiro atoms. The summed E-state index contributed by atoms with van der Waals surface area (Å²) in [5.74, 6) is 1.48. The van der Waals surface area contributed by atoms with Gasteiger partial charge in [0.15, 0.2) is 11.5 Å². The number of benzene rings is 1. The average molecular weight is 497 g/mol. The molecule has 0 radical (unpaired) electrons. The molecule has 0 atom stereocenters. The summed E-state index contributed by atoms with van der Waals surface area (Å²) in [6, 6.07) is 10.9. The first-order valence-electron chi connectivity index (χ1n) is 10.4. The van der Waals surface area contributed by atoms with Gasteiger partial charge in [0.2, 0.25) is 6.79 Å². The highest BCUT2D eigenvalue weighted by molar-refractivity contribution is 8.26. The van der Waals surface area contributed by atoms with Gasteiger partial charge in [0, 0.05) is 19.9 Å². The number of rotatable bonds is 7. The molecule has 1 N–H and O–H groups in total. The number of thiocarbonyl (C=S) groups is 1. The molecule has 2 aliphatic rings. The third-order valence-corrected chi connectivity index (χ3v) is 6.71. The van der Waals surface area contributed by atoms with Gasteiger partial charge in [0.25, 0.3) is 11.5 Å². The topological polar surface area (TPSA) is 94.4 Å². The number of thioether (sulfide) groups is 1. The maximum absolute atomic E-state index is 13.4. The van der Waals surface area contributed by atoms with Crippen LogP contribution in [-0.2, 0) is 16.1 Å². The van der Waals surface area contributed by atoms with Crippen molar-refractivity contribution in [2.45, 2.75) is 6.54 Å². The molecule has 34 heavy (non-hydrogen) atoms. The highest BCUT2D eigenvalue weighted by Gasteiger charge is 2.32. The minimum atomic E-state index is -0.291. The van der Waals surface area contributed by atoms with E-state index in [2.05, 4.69) is 10.3 Å². The SMILES string of the molecule is COCCN1C(=O)C(=Cc2c(NCc3ccc4c(c3)OCO4)nc3ccccn3c2=O)SC1=S. The highest BCUT2D eigenvalue weighted by atomic mass is 32.2. The first kappa shape index (κ1) is 22.4. The van der Waals surface area contributed by atoms with Gasteiger partial charge in [-0.3, -0.25) is 18.9 Å². The number of ether oxygens (including phenoxy) is 3. The number of nitrogens with zero attached hydrogens (tertiary/aromatic N) is 3. The molecule has 0 unspecified atom stereocenters. The maximum atomic E-state index is 13.4. The number of fused-ring (bicyclic) bond motifs is 2. The Balaban J connectivity index is 1.50. The molecule has 4 heterocycles. The normalized spacial score (nSPS) is 16.1. The van der Waals surface area contributed by atoms with Crippen LogP contribution in [0.3, 0.4) is 0 Å². The number of methoxy groups -OCH3 is 1. The van der Waals surface area contributed by atoms with Crippen LogP contribution in [0.25, 0.3) is 11.7 Å². The number of nitrogens with one attached hydrogen (secondary N) is 1. The van der Waals surface area contributed by atoms with Gasteiger partial charge < -0.3 is 19.5 Å². The van der Waals surface area contributed by atoms with Crippen LogP contribution in [0.5, 0.6) is 11.5 Å². The average Bonchev–Trinajstić information content (AvgIpc) is 3.42. The smallest absolute Gasteiger partial charge is 0.267 e. The molecular weight excluding hydrogens is 476 g/mol. The molecule has 0 aliphatic carbocycles. The van der Waals surface area contributed by atoms with E-state index < -0.39 is 0 Å². The van der Waals surface area contributed by atoms with E-state index in [1.165, 1.54) is 9.30 Å². The standard InChI is InChI=1S/C23H20N4O5S2/c1-30-9-8-27-22(29)18(34-23(27)33)11-15-20(25-19-4-2-3-7-26(19)21(15)28)24-12-14-5-6-16-17(10-14)32-13-31-16/h2-7,10-11,24H,8-9,12-13H2,1H3. The van der Waals surface area contributed by atoms with Gasteiger partial charge in [0.05, 0.1) is 23.6 Å². The largest absolute Gasteiger partial charge is 0.454 e. The van der Waals surface area contributed by atoms with Crippen molar-refractivity contribution in [1.82, 2.24) is 14.3 Å². The third-order valence-electron chi connectivity index (χ3n) is 5.33. The number of pyridine rings is 1. The zero-order valence-corrected chi connectivity index (χ0v) is 19.8. The van der Waals surface area contributed by atoms with Gasteiger partial charge in [-0.1, -0.05) is 36.1 Å². The Morgan fingerprint density at radius 1 is 1.24 bits per heavy atom. The molecule has 1 aromatic carbocycles. The van der Waals surface area contributed by atoms with E-state index in [0.29, 0.717) is 51.9 Å². The number of carbonyl (C=O) groups is 1. The van der Waals surface area contributed by atoms with Gasteiger partial charge in [-0.05, 0) is 35.9 Å². The monoisotopic (exact) mass is 496 g/mol. The predicted octanol–water partition coefficient (Wildman–Crippen LogP) is 2.88. The van der Waals surface area contributed by atoms with Crippen molar-refractivity contribution in [1.29, 1.82) is 0 Å². The lowest BCUT2D eigenvalue weighted by Crippen LogP contribution is -2.31. The molecule has 2 aromatic heterocycles. The minimum Gasteiger partial charge on any atom is -0.454 e. The third kappa shape index (κ3) is 4.25. The van der Waals surface area contributed by atoms with E-state index in [4.69, 9.17) is 26.4 Å². The lowest BCUT2D eigenvalue weighted by atomic mass is 10.2. The molecule has 3 aromatic rings. The van der Waals surface area contributed by atoms with Crippen LogP contribution in [-0.4, -0.2) is 51.6 Å². The molecule has 11 heteroatoms. The summed E-state index contributed by atoms with van der Waals surface area (Å²) in [7, 11) is 1.56. The van der Waals surface area contributed by atoms with Crippen molar-refractivity contribution < 1.29 is 19.0 Å². The number of carbonyl (C=O) groups excluding carboxylic acids is 1. The second kappa shape index (κ2) is 9.45. The van der Waals surface area contributed by atoms with Crippen molar-refractivity contribution in [3.05, 3.63) is 69.0 Å². The quantitative estimate of drug-likeness (QED) is 0.391. The maximum Gasteiger partial charge on any atom is 0.267 e. The molecule has 1 amide bonds. The van der Waals surface area contributed by atoms with Crippen molar-refractivity contribution in [3.63, 3.8) is 0 Å². The minimum absolute atomic E-state index is 0.196. The van der Waals surface area contributed by atoms with Gasteiger partial charge in [-0.2, -0.15) is 0 Å². The fourth-order valence-corrected chi connectivity index (χ4v) is 4.90. The van der Waals surface area contributed by atoms with Crippen LogP contribution in [0, 0.1) is 0 Å². The summed E-state index contributed by atoms with van der Waals surface area (Å²) >= 11 is 6.51. The zero-order chi connectivity index (χ0) is 23.7.